The van der Waals surface area contributed by atoms with Crippen molar-refractivity contribution in [1.82, 2.24) is 10.6 Å². The normalized spacial score (nSPS) is 16.2. The molecule has 1 aliphatic heterocycles. The van der Waals surface area contributed by atoms with Gasteiger partial charge in [-0.25, -0.2) is 9.59 Å². The van der Waals surface area contributed by atoms with Crippen LogP contribution in [0.3, 0.4) is 0 Å². The largest absolute Gasteiger partial charge is 0.493 e. The lowest BCUT2D eigenvalue weighted by Crippen LogP contribution is -2.45. The van der Waals surface area contributed by atoms with E-state index in [-0.39, 0.29) is 5.57 Å². The van der Waals surface area contributed by atoms with Gasteiger partial charge < -0.3 is 20.1 Å². The number of urea groups is 1. The van der Waals surface area contributed by atoms with Crippen LogP contribution in [0.2, 0.25) is 5.02 Å². The molecule has 1 atom stereocenters. The third kappa shape index (κ3) is 4.12. The topological polar surface area (TPSA) is 76.7 Å². The fourth-order valence-electron chi connectivity index (χ4n) is 3.05. The van der Waals surface area contributed by atoms with Crippen molar-refractivity contribution < 1.29 is 19.1 Å². The standard InChI is InChI=1S/C21H21ClN2O4/c1-3-11-28-16-10-9-14(22)12-15(16)19-17(20(25)27-2)18(23-21(26)24-19)13-7-5-4-6-8-13/h4-10,12,19H,3,11H2,1-2H3,(H2,23,24,26). The quantitative estimate of drug-likeness (QED) is 0.717. The van der Waals surface area contributed by atoms with E-state index in [0.717, 1.165) is 6.42 Å². The minimum atomic E-state index is -0.776. The summed E-state index contributed by atoms with van der Waals surface area (Å²) in [6.45, 7) is 2.49. The van der Waals surface area contributed by atoms with Gasteiger partial charge in [0.15, 0.2) is 0 Å². The molecule has 146 valence electrons. The van der Waals surface area contributed by atoms with Crippen molar-refractivity contribution in [2.75, 3.05) is 13.7 Å². The fraction of sp³-hybridized carbons (Fsp3) is 0.238. The number of amides is 2. The van der Waals surface area contributed by atoms with Gasteiger partial charge in [0.05, 0.1) is 31.0 Å². The lowest BCUT2D eigenvalue weighted by molar-refractivity contribution is -0.136. The molecular weight excluding hydrogens is 380 g/mol. The van der Waals surface area contributed by atoms with Crippen LogP contribution in [0.1, 0.15) is 30.5 Å². The van der Waals surface area contributed by atoms with E-state index in [1.54, 1.807) is 18.2 Å². The van der Waals surface area contributed by atoms with Crippen molar-refractivity contribution in [3.63, 3.8) is 0 Å². The van der Waals surface area contributed by atoms with Crippen LogP contribution in [-0.4, -0.2) is 25.7 Å². The van der Waals surface area contributed by atoms with Crippen molar-refractivity contribution in [1.29, 1.82) is 0 Å². The van der Waals surface area contributed by atoms with E-state index in [4.69, 9.17) is 21.1 Å². The van der Waals surface area contributed by atoms with Gasteiger partial charge in [0.2, 0.25) is 0 Å². The summed E-state index contributed by atoms with van der Waals surface area (Å²) in [5.74, 6) is -0.00923. The van der Waals surface area contributed by atoms with Crippen LogP contribution in [0.15, 0.2) is 54.1 Å². The Morgan fingerprint density at radius 1 is 1.18 bits per heavy atom. The Hall–Kier alpha value is -2.99. The highest BCUT2D eigenvalue weighted by Crippen LogP contribution is 2.37. The molecule has 0 spiro atoms. The number of methoxy groups -OCH3 is 1. The first-order valence-corrected chi connectivity index (χ1v) is 9.30. The molecule has 0 aromatic heterocycles. The zero-order chi connectivity index (χ0) is 20.1. The Bertz CT molecular complexity index is 912. The highest BCUT2D eigenvalue weighted by molar-refractivity contribution is 6.30. The van der Waals surface area contributed by atoms with Gasteiger partial charge in [-0.05, 0) is 30.2 Å². The Kier molecular flexibility index (Phi) is 6.21. The molecule has 0 saturated carbocycles. The first-order valence-electron chi connectivity index (χ1n) is 8.92. The first-order chi connectivity index (χ1) is 13.5. The molecule has 6 nitrogen and oxygen atoms in total. The van der Waals surface area contributed by atoms with E-state index in [1.807, 2.05) is 37.3 Å². The van der Waals surface area contributed by atoms with Gasteiger partial charge in [0, 0.05) is 10.6 Å². The zero-order valence-electron chi connectivity index (χ0n) is 15.6. The Balaban J connectivity index is 2.20. The van der Waals surface area contributed by atoms with E-state index in [2.05, 4.69) is 10.6 Å². The third-order valence-corrected chi connectivity index (χ3v) is 4.52. The van der Waals surface area contributed by atoms with E-state index < -0.39 is 18.0 Å². The summed E-state index contributed by atoms with van der Waals surface area (Å²) in [5.41, 5.74) is 1.95. The summed E-state index contributed by atoms with van der Waals surface area (Å²) in [7, 11) is 1.30. The Morgan fingerprint density at radius 3 is 2.61 bits per heavy atom. The molecule has 3 rings (SSSR count). The molecule has 28 heavy (non-hydrogen) atoms. The van der Waals surface area contributed by atoms with Crippen LogP contribution in [0.5, 0.6) is 5.75 Å². The maximum absolute atomic E-state index is 12.7. The number of benzene rings is 2. The van der Waals surface area contributed by atoms with E-state index in [9.17, 15) is 9.59 Å². The second-order valence-corrected chi connectivity index (χ2v) is 6.64. The number of carbonyl (C=O) groups excluding carboxylic acids is 2. The Morgan fingerprint density at radius 2 is 1.93 bits per heavy atom. The molecule has 2 amide bonds. The van der Waals surface area contributed by atoms with E-state index in [1.165, 1.54) is 7.11 Å². The van der Waals surface area contributed by atoms with Crippen LogP contribution in [0, 0.1) is 0 Å². The van der Waals surface area contributed by atoms with Crippen molar-refractivity contribution >= 4 is 29.3 Å². The smallest absolute Gasteiger partial charge is 0.338 e. The Labute approximate surface area is 168 Å². The minimum absolute atomic E-state index is 0.275. The maximum Gasteiger partial charge on any atom is 0.338 e. The number of rotatable bonds is 6. The number of halogens is 1. The minimum Gasteiger partial charge on any atom is -0.493 e. The lowest BCUT2D eigenvalue weighted by atomic mass is 9.92. The van der Waals surface area contributed by atoms with Crippen LogP contribution < -0.4 is 15.4 Å². The monoisotopic (exact) mass is 400 g/mol. The molecule has 1 heterocycles. The van der Waals surface area contributed by atoms with Crippen molar-refractivity contribution in [2.24, 2.45) is 0 Å². The molecule has 2 aromatic rings. The first kappa shape index (κ1) is 19.8. The average Bonchev–Trinajstić information content (AvgIpc) is 2.72. The van der Waals surface area contributed by atoms with Gasteiger partial charge in [0.1, 0.15) is 5.75 Å². The summed E-state index contributed by atoms with van der Waals surface area (Å²) < 4.78 is 10.8. The third-order valence-electron chi connectivity index (χ3n) is 4.28. The molecule has 1 aliphatic rings. The second kappa shape index (κ2) is 8.80. The number of esters is 1. The summed E-state index contributed by atoms with van der Waals surface area (Å²) in [4.78, 5) is 25.1. The van der Waals surface area contributed by atoms with E-state index in [0.29, 0.717) is 34.2 Å². The molecule has 0 fully saturated rings. The lowest BCUT2D eigenvalue weighted by Gasteiger charge is -2.30. The summed E-state index contributed by atoms with van der Waals surface area (Å²) in [5, 5.41) is 5.99. The molecule has 7 heteroatoms. The molecule has 0 bridgehead atoms. The average molecular weight is 401 g/mol. The molecule has 2 aromatic carbocycles. The number of hydrogen-bond acceptors (Lipinski definition) is 4. The summed E-state index contributed by atoms with van der Waals surface area (Å²) in [6, 6.07) is 13.1. The van der Waals surface area contributed by atoms with Gasteiger partial charge in [-0.15, -0.1) is 0 Å². The molecule has 0 radical (unpaired) electrons. The van der Waals surface area contributed by atoms with Crippen molar-refractivity contribution in [2.45, 2.75) is 19.4 Å². The van der Waals surface area contributed by atoms with Crippen LogP contribution in [-0.2, 0) is 9.53 Å². The van der Waals surface area contributed by atoms with E-state index >= 15 is 0 Å². The van der Waals surface area contributed by atoms with Gasteiger partial charge in [-0.1, -0.05) is 48.9 Å². The molecular formula is C21H21ClN2O4. The number of ether oxygens (including phenoxy) is 2. The molecule has 0 saturated heterocycles. The van der Waals surface area contributed by atoms with Crippen molar-refractivity contribution in [3.05, 3.63) is 70.3 Å². The highest BCUT2D eigenvalue weighted by Gasteiger charge is 2.35. The van der Waals surface area contributed by atoms with Crippen molar-refractivity contribution in [3.8, 4) is 5.75 Å². The predicted octanol–water partition coefficient (Wildman–Crippen LogP) is 4.07. The van der Waals surface area contributed by atoms with Gasteiger partial charge in [-0.3, -0.25) is 0 Å². The fourth-order valence-corrected chi connectivity index (χ4v) is 3.23. The predicted molar refractivity (Wildman–Crippen MR) is 107 cm³/mol. The zero-order valence-corrected chi connectivity index (χ0v) is 16.4. The number of hydrogen-bond donors (Lipinski definition) is 2. The highest BCUT2D eigenvalue weighted by atomic mass is 35.5. The maximum atomic E-state index is 12.7. The number of carbonyl (C=O) groups is 2. The summed E-state index contributed by atoms with van der Waals surface area (Å²) >= 11 is 6.20. The van der Waals surface area contributed by atoms with Crippen LogP contribution in [0.4, 0.5) is 4.79 Å². The second-order valence-electron chi connectivity index (χ2n) is 6.21. The van der Waals surface area contributed by atoms with Gasteiger partial charge >= 0.3 is 12.0 Å². The SMILES string of the molecule is CCCOc1ccc(Cl)cc1C1NC(=O)NC(c2ccccc2)=C1C(=O)OC. The van der Waals surface area contributed by atoms with Gasteiger partial charge in [0.25, 0.3) is 0 Å². The molecule has 2 N–H and O–H groups in total. The van der Waals surface area contributed by atoms with Gasteiger partial charge in [-0.2, -0.15) is 0 Å². The summed E-state index contributed by atoms with van der Waals surface area (Å²) in [6.07, 6.45) is 0.815. The molecule has 1 unspecified atom stereocenters. The number of nitrogens with one attached hydrogen (secondary N) is 2. The molecule has 0 aliphatic carbocycles. The van der Waals surface area contributed by atoms with Crippen LogP contribution >= 0.6 is 11.6 Å². The van der Waals surface area contributed by atoms with Crippen LogP contribution in [0.25, 0.3) is 5.70 Å².